The van der Waals surface area contributed by atoms with Gasteiger partial charge in [-0.3, -0.25) is 9.78 Å². The summed E-state index contributed by atoms with van der Waals surface area (Å²) in [5.74, 6) is 0.186. The molecule has 2 heterocycles. The van der Waals surface area contributed by atoms with Gasteiger partial charge in [0.15, 0.2) is 0 Å². The Morgan fingerprint density at radius 3 is 3.17 bits per heavy atom. The summed E-state index contributed by atoms with van der Waals surface area (Å²) in [7, 11) is 0. The molecule has 0 radical (unpaired) electrons. The van der Waals surface area contributed by atoms with Gasteiger partial charge in [0.1, 0.15) is 0 Å². The van der Waals surface area contributed by atoms with Crippen LogP contribution in [0.2, 0.25) is 0 Å². The second kappa shape index (κ2) is 4.74. The van der Waals surface area contributed by atoms with E-state index in [1.807, 2.05) is 30.5 Å². The maximum Gasteiger partial charge on any atom is 0.228 e. The number of nitrogens with one attached hydrogen (secondary N) is 2. The van der Waals surface area contributed by atoms with E-state index >= 15 is 0 Å². The number of amides is 1. The minimum atomic E-state index is 0.0853. The third-order valence-electron chi connectivity index (χ3n) is 3.37. The maximum absolute atomic E-state index is 12.1. The third kappa shape index (κ3) is 2.07. The molecule has 0 saturated carbocycles. The lowest BCUT2D eigenvalue weighted by Crippen LogP contribution is -2.24. The molecule has 1 aliphatic rings. The molecule has 4 nitrogen and oxygen atoms in total. The highest BCUT2D eigenvalue weighted by Gasteiger charge is 2.22. The Hall–Kier alpha value is -1.94. The summed E-state index contributed by atoms with van der Waals surface area (Å²) in [6.45, 7) is 1.70. The number of nitrogens with zero attached hydrogens (tertiary/aromatic N) is 1. The average Bonchev–Trinajstić information content (AvgIpc) is 2.93. The number of fused-ring (bicyclic) bond motifs is 1. The van der Waals surface area contributed by atoms with E-state index in [0.717, 1.165) is 36.0 Å². The van der Waals surface area contributed by atoms with Crippen molar-refractivity contribution in [1.82, 2.24) is 10.3 Å². The first-order valence-corrected chi connectivity index (χ1v) is 6.19. The smallest absolute Gasteiger partial charge is 0.228 e. The topological polar surface area (TPSA) is 54.0 Å². The zero-order valence-corrected chi connectivity index (χ0v) is 10.0. The van der Waals surface area contributed by atoms with Crippen molar-refractivity contribution in [2.45, 2.75) is 6.42 Å². The van der Waals surface area contributed by atoms with Crippen molar-refractivity contribution in [2.75, 3.05) is 18.4 Å². The highest BCUT2D eigenvalue weighted by Crippen LogP contribution is 2.23. The van der Waals surface area contributed by atoms with Crippen LogP contribution < -0.4 is 10.6 Å². The molecule has 2 N–H and O–H groups in total. The van der Waals surface area contributed by atoms with Crippen LogP contribution in [0.3, 0.4) is 0 Å². The molecule has 1 saturated heterocycles. The average molecular weight is 241 g/mol. The van der Waals surface area contributed by atoms with Crippen molar-refractivity contribution >= 4 is 22.4 Å². The number of hydrogen-bond acceptors (Lipinski definition) is 3. The van der Waals surface area contributed by atoms with Crippen molar-refractivity contribution in [3.63, 3.8) is 0 Å². The predicted octanol–water partition coefficient (Wildman–Crippen LogP) is 1.78. The quantitative estimate of drug-likeness (QED) is 0.842. The Bertz CT molecular complexity index is 571. The minimum absolute atomic E-state index is 0.0853. The lowest BCUT2D eigenvalue weighted by Gasteiger charge is -2.11. The molecule has 0 unspecified atom stereocenters. The van der Waals surface area contributed by atoms with E-state index in [1.54, 1.807) is 6.20 Å². The van der Waals surface area contributed by atoms with Crippen LogP contribution in [0.1, 0.15) is 6.42 Å². The van der Waals surface area contributed by atoms with Crippen LogP contribution in [0.25, 0.3) is 10.8 Å². The van der Waals surface area contributed by atoms with Gasteiger partial charge in [-0.15, -0.1) is 0 Å². The van der Waals surface area contributed by atoms with Gasteiger partial charge in [-0.05, 0) is 25.1 Å². The molecule has 1 aromatic heterocycles. The number of carbonyl (C=O) groups excluding carboxylic acids is 1. The molecule has 0 aliphatic carbocycles. The Kier molecular flexibility index (Phi) is 2.94. The van der Waals surface area contributed by atoms with Gasteiger partial charge in [0, 0.05) is 35.4 Å². The van der Waals surface area contributed by atoms with E-state index < -0.39 is 0 Å². The van der Waals surface area contributed by atoms with E-state index in [1.165, 1.54) is 0 Å². The van der Waals surface area contributed by atoms with Crippen LogP contribution in [0.4, 0.5) is 5.69 Å². The molecule has 1 aromatic carbocycles. The summed E-state index contributed by atoms with van der Waals surface area (Å²) in [5, 5.41) is 8.30. The molecule has 1 fully saturated rings. The maximum atomic E-state index is 12.1. The predicted molar refractivity (Wildman–Crippen MR) is 71.3 cm³/mol. The van der Waals surface area contributed by atoms with E-state index in [9.17, 15) is 4.79 Å². The van der Waals surface area contributed by atoms with Gasteiger partial charge in [0.25, 0.3) is 0 Å². The monoisotopic (exact) mass is 241 g/mol. The fraction of sp³-hybridized carbons (Fsp3) is 0.286. The van der Waals surface area contributed by atoms with Crippen molar-refractivity contribution in [2.24, 2.45) is 5.92 Å². The Morgan fingerprint density at radius 2 is 2.33 bits per heavy atom. The number of anilines is 1. The Labute approximate surface area is 105 Å². The highest BCUT2D eigenvalue weighted by molar-refractivity contribution is 6.02. The van der Waals surface area contributed by atoms with Crippen LogP contribution in [-0.4, -0.2) is 24.0 Å². The van der Waals surface area contributed by atoms with Crippen LogP contribution in [0, 0.1) is 5.92 Å². The van der Waals surface area contributed by atoms with Gasteiger partial charge in [-0.2, -0.15) is 0 Å². The SMILES string of the molecule is O=C(Nc1cccc2cnccc12)[C@@H]1CCNC1. The van der Waals surface area contributed by atoms with E-state index in [4.69, 9.17) is 0 Å². The largest absolute Gasteiger partial charge is 0.325 e. The molecule has 1 aliphatic heterocycles. The molecular formula is C14H15N3O. The summed E-state index contributed by atoms with van der Waals surface area (Å²) in [6.07, 6.45) is 4.47. The molecule has 3 rings (SSSR count). The molecule has 2 aromatic rings. The number of pyridine rings is 1. The van der Waals surface area contributed by atoms with E-state index in [2.05, 4.69) is 15.6 Å². The highest BCUT2D eigenvalue weighted by atomic mass is 16.1. The fourth-order valence-electron chi connectivity index (χ4n) is 2.34. The van der Waals surface area contributed by atoms with Crippen molar-refractivity contribution in [3.8, 4) is 0 Å². The van der Waals surface area contributed by atoms with Crippen molar-refractivity contribution in [3.05, 3.63) is 36.7 Å². The summed E-state index contributed by atoms with van der Waals surface area (Å²) < 4.78 is 0. The zero-order chi connectivity index (χ0) is 12.4. The van der Waals surface area contributed by atoms with Crippen LogP contribution in [0.15, 0.2) is 36.7 Å². The minimum Gasteiger partial charge on any atom is -0.325 e. The summed E-state index contributed by atoms with van der Waals surface area (Å²) in [6, 6.07) is 7.79. The van der Waals surface area contributed by atoms with Gasteiger partial charge < -0.3 is 10.6 Å². The van der Waals surface area contributed by atoms with E-state index in [0.29, 0.717) is 0 Å². The Balaban J connectivity index is 1.88. The third-order valence-corrected chi connectivity index (χ3v) is 3.37. The van der Waals surface area contributed by atoms with Crippen LogP contribution in [0.5, 0.6) is 0 Å². The molecule has 0 bridgehead atoms. The standard InChI is InChI=1S/C14H15N3O/c18-14(11-4-6-15-9-11)17-13-3-1-2-10-8-16-7-5-12(10)13/h1-3,5,7-8,11,15H,4,6,9H2,(H,17,18)/t11-/m1/s1. The molecule has 92 valence electrons. The molecule has 0 spiro atoms. The lowest BCUT2D eigenvalue weighted by molar-refractivity contribution is -0.119. The molecular weight excluding hydrogens is 226 g/mol. The second-order valence-corrected chi connectivity index (χ2v) is 4.58. The lowest BCUT2D eigenvalue weighted by atomic mass is 10.1. The van der Waals surface area contributed by atoms with Gasteiger partial charge in [-0.1, -0.05) is 12.1 Å². The van der Waals surface area contributed by atoms with Crippen molar-refractivity contribution in [1.29, 1.82) is 0 Å². The number of aromatic nitrogens is 1. The first-order chi connectivity index (χ1) is 8.84. The summed E-state index contributed by atoms with van der Waals surface area (Å²) in [5.41, 5.74) is 0.867. The first kappa shape index (κ1) is 11.2. The normalized spacial score (nSPS) is 19.0. The summed E-state index contributed by atoms with van der Waals surface area (Å²) in [4.78, 5) is 16.2. The van der Waals surface area contributed by atoms with E-state index in [-0.39, 0.29) is 11.8 Å². The zero-order valence-electron chi connectivity index (χ0n) is 10.0. The molecule has 1 atom stereocenters. The van der Waals surface area contributed by atoms with Gasteiger partial charge >= 0.3 is 0 Å². The second-order valence-electron chi connectivity index (χ2n) is 4.58. The van der Waals surface area contributed by atoms with Crippen LogP contribution in [-0.2, 0) is 4.79 Å². The fourth-order valence-corrected chi connectivity index (χ4v) is 2.34. The van der Waals surface area contributed by atoms with Gasteiger partial charge in [-0.25, -0.2) is 0 Å². The van der Waals surface area contributed by atoms with Crippen molar-refractivity contribution < 1.29 is 4.79 Å². The number of carbonyl (C=O) groups is 1. The molecule has 1 amide bonds. The van der Waals surface area contributed by atoms with Crippen LogP contribution >= 0.6 is 0 Å². The van der Waals surface area contributed by atoms with Gasteiger partial charge in [0.2, 0.25) is 5.91 Å². The molecule has 18 heavy (non-hydrogen) atoms. The summed E-state index contributed by atoms with van der Waals surface area (Å²) >= 11 is 0. The number of hydrogen-bond donors (Lipinski definition) is 2. The van der Waals surface area contributed by atoms with Gasteiger partial charge in [0.05, 0.1) is 5.92 Å². The Morgan fingerprint density at radius 1 is 1.39 bits per heavy atom. The molecule has 4 heteroatoms. The first-order valence-electron chi connectivity index (χ1n) is 6.19. The number of rotatable bonds is 2. The number of benzene rings is 1.